The van der Waals surface area contributed by atoms with Crippen molar-refractivity contribution in [1.29, 1.82) is 5.26 Å². The van der Waals surface area contributed by atoms with Crippen molar-refractivity contribution >= 4 is 11.0 Å². The Morgan fingerprint density at radius 3 is 2.38 bits per heavy atom. The predicted octanol–water partition coefficient (Wildman–Crippen LogP) is 3.97. The number of nitriles is 1. The SMILES string of the molecule is N#CC1(N2CCC(n3c(=O)[nH]c4ccccc43)CC2)CCCCCCC1. The number of benzene rings is 1. The Hall–Kier alpha value is -2.06. The molecule has 4 rings (SSSR count). The lowest BCUT2D eigenvalue weighted by molar-refractivity contribution is 0.0698. The average molecular weight is 352 g/mol. The lowest BCUT2D eigenvalue weighted by Gasteiger charge is -2.44. The number of rotatable bonds is 2. The number of hydrogen-bond acceptors (Lipinski definition) is 3. The molecule has 2 aliphatic rings. The van der Waals surface area contributed by atoms with Crippen LogP contribution in [0.1, 0.15) is 63.8 Å². The molecule has 0 radical (unpaired) electrons. The molecular formula is C21H28N4O. The quantitative estimate of drug-likeness (QED) is 0.889. The van der Waals surface area contributed by atoms with Gasteiger partial charge >= 0.3 is 5.69 Å². The molecule has 1 aromatic carbocycles. The fourth-order valence-electron chi connectivity index (χ4n) is 4.98. The summed E-state index contributed by atoms with van der Waals surface area (Å²) in [5.41, 5.74) is 1.62. The van der Waals surface area contributed by atoms with Crippen LogP contribution in [0.15, 0.2) is 29.1 Å². The summed E-state index contributed by atoms with van der Waals surface area (Å²) in [7, 11) is 0. The molecule has 1 saturated heterocycles. The minimum Gasteiger partial charge on any atom is -0.306 e. The van der Waals surface area contributed by atoms with Crippen LogP contribution in [0.2, 0.25) is 0 Å². The standard InChI is InChI=1S/C21H28N4O/c22-16-21(12-6-2-1-3-7-13-21)24-14-10-17(11-15-24)25-19-9-5-4-8-18(19)23-20(25)26/h4-5,8-9,17H,1-3,6-7,10-15H2,(H,23,26). The van der Waals surface area contributed by atoms with Crippen molar-refractivity contribution < 1.29 is 0 Å². The Balaban J connectivity index is 1.52. The average Bonchev–Trinajstić information content (AvgIpc) is 2.98. The van der Waals surface area contributed by atoms with Gasteiger partial charge in [-0.15, -0.1) is 0 Å². The van der Waals surface area contributed by atoms with E-state index in [9.17, 15) is 10.1 Å². The first-order valence-electron chi connectivity index (χ1n) is 10.1. The van der Waals surface area contributed by atoms with Gasteiger partial charge in [-0.1, -0.05) is 44.2 Å². The Kier molecular flexibility index (Phi) is 4.86. The van der Waals surface area contributed by atoms with Crippen LogP contribution >= 0.6 is 0 Å². The van der Waals surface area contributed by atoms with Crippen molar-refractivity contribution in [2.45, 2.75) is 69.4 Å². The normalized spacial score (nSPS) is 22.6. The van der Waals surface area contributed by atoms with Crippen LogP contribution in [0, 0.1) is 11.3 Å². The lowest BCUT2D eigenvalue weighted by Crippen LogP contribution is -2.52. The molecule has 26 heavy (non-hydrogen) atoms. The number of imidazole rings is 1. The first-order chi connectivity index (χ1) is 12.7. The number of aromatic amines is 1. The third kappa shape index (κ3) is 3.07. The Morgan fingerprint density at radius 2 is 1.69 bits per heavy atom. The number of likely N-dealkylation sites (tertiary alicyclic amines) is 1. The zero-order valence-electron chi connectivity index (χ0n) is 15.4. The number of fused-ring (bicyclic) bond motifs is 1. The maximum Gasteiger partial charge on any atom is 0.326 e. The number of H-pyrrole nitrogens is 1. The molecule has 1 aliphatic heterocycles. The third-order valence-corrected chi connectivity index (χ3v) is 6.45. The summed E-state index contributed by atoms with van der Waals surface area (Å²) in [5.74, 6) is 0. The van der Waals surface area contributed by atoms with E-state index in [-0.39, 0.29) is 17.3 Å². The maximum absolute atomic E-state index is 12.5. The van der Waals surface area contributed by atoms with Gasteiger partial charge in [-0.3, -0.25) is 9.47 Å². The number of para-hydroxylation sites is 2. The largest absolute Gasteiger partial charge is 0.326 e. The zero-order chi connectivity index (χ0) is 18.0. The van der Waals surface area contributed by atoms with E-state index in [0.717, 1.165) is 62.6 Å². The Labute approximate surface area is 154 Å². The number of hydrogen-bond donors (Lipinski definition) is 1. The van der Waals surface area contributed by atoms with Crippen molar-refractivity contribution in [3.05, 3.63) is 34.7 Å². The van der Waals surface area contributed by atoms with Gasteiger partial charge in [0.2, 0.25) is 0 Å². The van der Waals surface area contributed by atoms with Crippen LogP contribution in [0.25, 0.3) is 11.0 Å². The van der Waals surface area contributed by atoms with Crippen LogP contribution in [-0.2, 0) is 0 Å². The van der Waals surface area contributed by atoms with Crippen LogP contribution in [0.4, 0.5) is 0 Å². The molecule has 0 spiro atoms. The first kappa shape index (κ1) is 17.4. The third-order valence-electron chi connectivity index (χ3n) is 6.45. The van der Waals surface area contributed by atoms with Crippen LogP contribution in [0.3, 0.4) is 0 Å². The minimum absolute atomic E-state index is 0.00870. The predicted molar refractivity (Wildman–Crippen MR) is 103 cm³/mol. The zero-order valence-corrected chi connectivity index (χ0v) is 15.4. The van der Waals surface area contributed by atoms with E-state index >= 15 is 0 Å². The first-order valence-corrected chi connectivity index (χ1v) is 10.1. The molecule has 2 heterocycles. The van der Waals surface area contributed by atoms with Crippen molar-refractivity contribution in [2.75, 3.05) is 13.1 Å². The molecule has 5 heteroatoms. The monoisotopic (exact) mass is 352 g/mol. The molecular weight excluding hydrogens is 324 g/mol. The summed E-state index contributed by atoms with van der Waals surface area (Å²) < 4.78 is 1.93. The summed E-state index contributed by atoms with van der Waals surface area (Å²) >= 11 is 0. The number of nitrogens with one attached hydrogen (secondary N) is 1. The molecule has 1 aromatic heterocycles. The Bertz CT molecular complexity index is 843. The van der Waals surface area contributed by atoms with Gasteiger partial charge in [-0.05, 0) is 37.8 Å². The van der Waals surface area contributed by atoms with E-state index in [2.05, 4.69) is 16.0 Å². The van der Waals surface area contributed by atoms with E-state index < -0.39 is 0 Å². The molecule has 0 unspecified atom stereocenters. The number of nitrogens with zero attached hydrogens (tertiary/aromatic N) is 3. The summed E-state index contributed by atoms with van der Waals surface area (Å²) in [6, 6.07) is 10.8. The van der Waals surface area contributed by atoms with E-state index in [0.29, 0.717) is 0 Å². The number of aromatic nitrogens is 2. The summed E-state index contributed by atoms with van der Waals surface area (Å²) in [6.45, 7) is 1.81. The maximum atomic E-state index is 12.5. The van der Waals surface area contributed by atoms with Gasteiger partial charge in [0.05, 0.1) is 17.1 Å². The summed E-state index contributed by atoms with van der Waals surface area (Å²) in [4.78, 5) is 17.9. The smallest absolute Gasteiger partial charge is 0.306 e. The molecule has 2 aromatic rings. The fraction of sp³-hybridized carbons (Fsp3) is 0.619. The van der Waals surface area contributed by atoms with Gasteiger partial charge in [-0.2, -0.15) is 5.26 Å². The second-order valence-corrected chi connectivity index (χ2v) is 7.95. The van der Waals surface area contributed by atoms with Gasteiger partial charge < -0.3 is 4.98 Å². The van der Waals surface area contributed by atoms with Crippen molar-refractivity contribution in [2.24, 2.45) is 0 Å². The fourth-order valence-corrected chi connectivity index (χ4v) is 4.98. The van der Waals surface area contributed by atoms with Crippen molar-refractivity contribution in [3.63, 3.8) is 0 Å². The lowest BCUT2D eigenvalue weighted by atomic mass is 9.82. The highest BCUT2D eigenvalue weighted by Crippen LogP contribution is 2.35. The minimum atomic E-state index is -0.281. The molecule has 0 bridgehead atoms. The molecule has 5 nitrogen and oxygen atoms in total. The second-order valence-electron chi connectivity index (χ2n) is 7.95. The molecule has 0 amide bonds. The highest BCUT2D eigenvalue weighted by atomic mass is 16.1. The van der Waals surface area contributed by atoms with E-state index in [1.807, 2.05) is 28.8 Å². The van der Waals surface area contributed by atoms with Crippen LogP contribution < -0.4 is 5.69 Å². The van der Waals surface area contributed by atoms with Gasteiger partial charge in [-0.25, -0.2) is 4.79 Å². The Morgan fingerprint density at radius 1 is 1.04 bits per heavy atom. The molecule has 1 aliphatic carbocycles. The topological polar surface area (TPSA) is 64.8 Å². The number of piperidine rings is 1. The summed E-state index contributed by atoms with van der Waals surface area (Å²) in [6.07, 6.45) is 10.0. The van der Waals surface area contributed by atoms with Crippen molar-refractivity contribution in [3.8, 4) is 6.07 Å². The summed E-state index contributed by atoms with van der Waals surface area (Å²) in [5, 5.41) is 9.99. The van der Waals surface area contributed by atoms with E-state index in [4.69, 9.17) is 0 Å². The molecule has 0 atom stereocenters. The van der Waals surface area contributed by atoms with Crippen LogP contribution in [0.5, 0.6) is 0 Å². The van der Waals surface area contributed by atoms with Crippen LogP contribution in [-0.4, -0.2) is 33.1 Å². The molecule has 1 saturated carbocycles. The molecule has 2 fully saturated rings. The molecule has 138 valence electrons. The van der Waals surface area contributed by atoms with E-state index in [1.165, 1.54) is 19.3 Å². The van der Waals surface area contributed by atoms with Gasteiger partial charge in [0, 0.05) is 19.1 Å². The second kappa shape index (κ2) is 7.28. The van der Waals surface area contributed by atoms with Gasteiger partial charge in [0.25, 0.3) is 0 Å². The van der Waals surface area contributed by atoms with Gasteiger partial charge in [0.1, 0.15) is 5.54 Å². The molecule has 1 N–H and O–H groups in total. The highest BCUT2D eigenvalue weighted by Gasteiger charge is 2.39. The van der Waals surface area contributed by atoms with E-state index in [1.54, 1.807) is 0 Å². The highest BCUT2D eigenvalue weighted by molar-refractivity contribution is 5.75. The van der Waals surface area contributed by atoms with Gasteiger partial charge in [0.15, 0.2) is 0 Å². The van der Waals surface area contributed by atoms with Crippen molar-refractivity contribution in [1.82, 2.24) is 14.5 Å².